The Bertz CT molecular complexity index is 877. The second kappa shape index (κ2) is 9.30. The predicted molar refractivity (Wildman–Crippen MR) is 108 cm³/mol. The zero-order valence-electron chi connectivity index (χ0n) is 14.8. The van der Waals surface area contributed by atoms with E-state index in [2.05, 4.69) is 4.99 Å². The summed E-state index contributed by atoms with van der Waals surface area (Å²) < 4.78 is 10.2. The molecule has 27 heavy (non-hydrogen) atoms. The van der Waals surface area contributed by atoms with E-state index in [0.717, 1.165) is 11.8 Å². The molecule has 0 saturated carbocycles. The topological polar surface area (TPSA) is 85.2 Å². The number of carbonyl (C=O) groups is 2. The summed E-state index contributed by atoms with van der Waals surface area (Å²) in [5.74, 6) is -1.16. The van der Waals surface area contributed by atoms with Gasteiger partial charge < -0.3 is 14.6 Å². The lowest BCUT2D eigenvalue weighted by molar-refractivity contribution is -0.138. The maximum atomic E-state index is 12.2. The Labute approximate surface area is 170 Å². The first kappa shape index (κ1) is 21.3. The minimum absolute atomic E-state index is 0.0798. The van der Waals surface area contributed by atoms with Crippen molar-refractivity contribution in [1.82, 2.24) is 0 Å². The Kier molecular flexibility index (Phi) is 7.35. The Morgan fingerprint density at radius 2 is 2.00 bits per heavy atom. The number of ether oxygens (including phenoxy) is 2. The van der Waals surface area contributed by atoms with Gasteiger partial charge in [0.15, 0.2) is 0 Å². The normalized spacial score (nSPS) is 16.9. The molecule has 0 aliphatic carbocycles. The number of carbonyl (C=O) groups excluding carboxylic acids is 2. The summed E-state index contributed by atoms with van der Waals surface area (Å²) in [6.07, 6.45) is 1.71. The van der Waals surface area contributed by atoms with Gasteiger partial charge in [0.2, 0.25) is 5.91 Å². The van der Waals surface area contributed by atoms with Crippen molar-refractivity contribution in [2.75, 3.05) is 13.7 Å². The molecule has 1 amide bonds. The average molecular weight is 430 g/mol. The highest BCUT2D eigenvalue weighted by molar-refractivity contribution is 8.18. The number of nitrogens with zero attached hydrogens (tertiary/aromatic N) is 1. The van der Waals surface area contributed by atoms with Crippen molar-refractivity contribution in [3.8, 4) is 5.75 Å². The molecule has 1 aliphatic heterocycles. The predicted octanol–water partition coefficient (Wildman–Crippen LogP) is 4.80. The van der Waals surface area contributed by atoms with Crippen LogP contribution in [0.1, 0.15) is 25.8 Å². The summed E-state index contributed by atoms with van der Waals surface area (Å²) in [4.78, 5) is 28.1. The number of hydrogen-bond acceptors (Lipinski definition) is 6. The van der Waals surface area contributed by atoms with Gasteiger partial charge >= 0.3 is 5.97 Å². The van der Waals surface area contributed by atoms with Crippen LogP contribution in [-0.2, 0) is 14.3 Å². The zero-order valence-corrected chi connectivity index (χ0v) is 17.2. The van der Waals surface area contributed by atoms with Gasteiger partial charge in [-0.3, -0.25) is 4.79 Å². The number of aliphatic hydroxyl groups excluding tert-OH is 1. The highest BCUT2D eigenvalue weighted by Gasteiger charge is 2.34. The molecule has 0 unspecified atom stereocenters. The summed E-state index contributed by atoms with van der Waals surface area (Å²) in [5.41, 5.74) is 0.345. The van der Waals surface area contributed by atoms with Crippen LogP contribution >= 0.6 is 35.0 Å². The third kappa shape index (κ3) is 4.86. The first-order chi connectivity index (χ1) is 12.8. The monoisotopic (exact) mass is 429 g/mol. The molecule has 9 heteroatoms. The Hall–Kier alpha value is -1.96. The van der Waals surface area contributed by atoms with Crippen molar-refractivity contribution in [3.05, 3.63) is 44.0 Å². The molecule has 0 aromatic heterocycles. The van der Waals surface area contributed by atoms with Crippen LogP contribution in [0.5, 0.6) is 5.75 Å². The molecular weight excluding hydrogens is 413 g/mol. The second-order valence-electron chi connectivity index (χ2n) is 5.23. The van der Waals surface area contributed by atoms with E-state index in [1.54, 1.807) is 26.0 Å². The van der Waals surface area contributed by atoms with Gasteiger partial charge in [0.25, 0.3) is 0 Å². The van der Waals surface area contributed by atoms with E-state index in [1.165, 1.54) is 13.2 Å². The number of hydrogen-bond donors (Lipinski definition) is 1. The molecule has 1 heterocycles. The molecular formula is C18H17Cl2NO5S. The summed E-state index contributed by atoms with van der Waals surface area (Å²) in [7, 11) is 1.45. The standard InChI is InChI=1S/C18H17Cl2NO5S/c1-4-13(22)21-17-14(18(24)26-5-2)15(23)12(27-17)7-9-6-10(19)8-11(20)16(9)25-3/h6-8,23H,4-5H2,1-3H3/b12-7-,21-17?. The van der Waals surface area contributed by atoms with Gasteiger partial charge in [-0.1, -0.05) is 41.9 Å². The van der Waals surface area contributed by atoms with Crippen LogP contribution in [0, 0.1) is 0 Å². The van der Waals surface area contributed by atoms with Crippen LogP contribution < -0.4 is 4.74 Å². The largest absolute Gasteiger partial charge is 0.506 e. The van der Waals surface area contributed by atoms with Gasteiger partial charge in [-0.2, -0.15) is 0 Å². The smallest absolute Gasteiger partial charge is 0.344 e. The highest BCUT2D eigenvalue weighted by atomic mass is 35.5. The molecule has 0 fully saturated rings. The molecule has 2 rings (SSSR count). The Morgan fingerprint density at radius 3 is 2.59 bits per heavy atom. The fourth-order valence-electron chi connectivity index (χ4n) is 2.23. The maximum absolute atomic E-state index is 12.2. The molecule has 0 spiro atoms. The lowest BCUT2D eigenvalue weighted by Crippen LogP contribution is -2.14. The van der Waals surface area contributed by atoms with E-state index < -0.39 is 11.9 Å². The summed E-state index contributed by atoms with van der Waals surface area (Å²) in [6, 6.07) is 3.13. The van der Waals surface area contributed by atoms with Gasteiger partial charge in [0, 0.05) is 17.0 Å². The minimum atomic E-state index is -0.760. The lowest BCUT2D eigenvalue weighted by Gasteiger charge is -2.08. The van der Waals surface area contributed by atoms with E-state index >= 15 is 0 Å². The Balaban J connectivity index is 2.59. The molecule has 0 saturated heterocycles. The van der Waals surface area contributed by atoms with Gasteiger partial charge in [-0.15, -0.1) is 0 Å². The summed E-state index contributed by atoms with van der Waals surface area (Å²) in [6.45, 7) is 3.41. The van der Waals surface area contributed by atoms with Crippen LogP contribution in [0.2, 0.25) is 10.0 Å². The molecule has 0 bridgehead atoms. The zero-order chi connectivity index (χ0) is 20.1. The molecule has 1 aromatic carbocycles. The minimum Gasteiger partial charge on any atom is -0.506 e. The van der Waals surface area contributed by atoms with E-state index in [9.17, 15) is 14.7 Å². The average Bonchev–Trinajstić information content (AvgIpc) is 2.90. The molecule has 1 N–H and O–H groups in total. The van der Waals surface area contributed by atoms with Gasteiger partial charge in [0.05, 0.1) is 23.6 Å². The number of aliphatic hydroxyl groups is 1. The number of esters is 1. The van der Waals surface area contributed by atoms with Crippen molar-refractivity contribution in [2.45, 2.75) is 20.3 Å². The number of methoxy groups -OCH3 is 1. The maximum Gasteiger partial charge on any atom is 0.344 e. The van der Waals surface area contributed by atoms with Gasteiger partial charge in [-0.05, 0) is 25.1 Å². The third-order valence-electron chi connectivity index (χ3n) is 3.43. The summed E-state index contributed by atoms with van der Waals surface area (Å²) >= 11 is 13.1. The van der Waals surface area contributed by atoms with E-state index in [-0.39, 0.29) is 34.3 Å². The SMILES string of the molecule is CCOC(=O)C1=C(O)/C(=C/c2cc(Cl)cc(Cl)c2OC)SC1=NC(=O)CC. The molecule has 1 aliphatic rings. The third-order valence-corrected chi connectivity index (χ3v) is 4.95. The van der Waals surface area contributed by atoms with Crippen LogP contribution in [0.3, 0.4) is 0 Å². The first-order valence-corrected chi connectivity index (χ1v) is 9.54. The van der Waals surface area contributed by atoms with Crippen molar-refractivity contribution in [1.29, 1.82) is 0 Å². The lowest BCUT2D eigenvalue weighted by atomic mass is 10.1. The number of halogens is 2. The van der Waals surface area contributed by atoms with E-state index in [0.29, 0.717) is 21.4 Å². The molecule has 0 atom stereocenters. The van der Waals surface area contributed by atoms with Crippen molar-refractivity contribution in [3.63, 3.8) is 0 Å². The van der Waals surface area contributed by atoms with Crippen molar-refractivity contribution >= 4 is 58.0 Å². The van der Waals surface area contributed by atoms with Crippen LogP contribution in [0.15, 0.2) is 33.4 Å². The number of benzene rings is 1. The van der Waals surface area contributed by atoms with Crippen molar-refractivity contribution in [2.24, 2.45) is 4.99 Å². The van der Waals surface area contributed by atoms with E-state index in [1.807, 2.05) is 0 Å². The number of rotatable bonds is 5. The first-order valence-electron chi connectivity index (χ1n) is 7.97. The quantitative estimate of drug-likeness (QED) is 0.676. The second-order valence-corrected chi connectivity index (χ2v) is 7.10. The van der Waals surface area contributed by atoms with Crippen molar-refractivity contribution < 1.29 is 24.2 Å². The Morgan fingerprint density at radius 1 is 1.30 bits per heavy atom. The number of aliphatic imine (C=N–C) groups is 1. The number of amides is 1. The van der Waals surface area contributed by atoms with E-state index in [4.69, 9.17) is 32.7 Å². The van der Waals surface area contributed by atoms with Crippen LogP contribution in [0.25, 0.3) is 6.08 Å². The highest BCUT2D eigenvalue weighted by Crippen LogP contribution is 2.41. The summed E-state index contributed by atoms with van der Waals surface area (Å²) in [5, 5.41) is 11.3. The molecule has 6 nitrogen and oxygen atoms in total. The van der Waals surface area contributed by atoms with Crippen LogP contribution in [-0.4, -0.2) is 35.7 Å². The molecule has 0 radical (unpaired) electrons. The molecule has 144 valence electrons. The number of thioether (sulfide) groups is 1. The van der Waals surface area contributed by atoms with Gasteiger partial charge in [0.1, 0.15) is 22.1 Å². The van der Waals surface area contributed by atoms with Gasteiger partial charge in [-0.25, -0.2) is 9.79 Å². The molecule has 1 aromatic rings. The fraction of sp³-hybridized carbons (Fsp3) is 0.278. The fourth-order valence-corrected chi connectivity index (χ4v) is 3.84. The van der Waals surface area contributed by atoms with Crippen LogP contribution in [0.4, 0.5) is 0 Å².